The van der Waals surface area contributed by atoms with Crippen LogP contribution in [0.3, 0.4) is 0 Å². The number of benzene rings is 1. The summed E-state index contributed by atoms with van der Waals surface area (Å²) in [4.78, 5) is 15.7. The van der Waals surface area contributed by atoms with Crippen molar-refractivity contribution in [3.05, 3.63) is 50.5 Å². The maximum Gasteiger partial charge on any atom is 0.243 e. The highest BCUT2D eigenvalue weighted by molar-refractivity contribution is 7.19. The van der Waals surface area contributed by atoms with E-state index in [1.807, 2.05) is 0 Å². The van der Waals surface area contributed by atoms with E-state index in [1.165, 1.54) is 25.3 Å². The zero-order valence-electron chi connectivity index (χ0n) is 17.2. The molecule has 10 heteroatoms. The van der Waals surface area contributed by atoms with Crippen molar-refractivity contribution >= 4 is 51.0 Å². The zero-order valence-corrected chi connectivity index (χ0v) is 19.5. The zero-order chi connectivity index (χ0) is 22.7. The fourth-order valence-electron chi connectivity index (χ4n) is 3.68. The average Bonchev–Trinajstić information content (AvgIpc) is 3.39. The van der Waals surface area contributed by atoms with Gasteiger partial charge in [0.2, 0.25) is 11.5 Å². The van der Waals surface area contributed by atoms with Gasteiger partial charge >= 0.3 is 0 Å². The van der Waals surface area contributed by atoms with Gasteiger partial charge in [-0.25, -0.2) is 0 Å². The highest BCUT2D eigenvalue weighted by Crippen LogP contribution is 2.37. The third-order valence-corrected chi connectivity index (χ3v) is 7.08. The lowest BCUT2D eigenvalue weighted by Crippen LogP contribution is -2.33. The first kappa shape index (κ1) is 22.6. The second-order valence-electron chi connectivity index (χ2n) is 7.52. The number of nitrogens with one attached hydrogen (secondary N) is 1. The van der Waals surface area contributed by atoms with Crippen LogP contribution < -0.4 is 11.1 Å². The molecule has 0 bridgehead atoms. The summed E-state index contributed by atoms with van der Waals surface area (Å²) in [6.45, 7) is 3.73. The normalized spacial score (nSPS) is 14.3. The minimum atomic E-state index is -0.433. The SMILES string of the molecule is N#Cc1c(NCCN2CCCCC2)sc(C(=O)c2cc(-c3ccc(Cl)cc3Cl)no2)c1N. The number of piperidine rings is 1. The monoisotopic (exact) mass is 489 g/mol. The van der Waals surface area contributed by atoms with Crippen molar-refractivity contribution < 1.29 is 9.32 Å². The van der Waals surface area contributed by atoms with Gasteiger partial charge in [-0.15, -0.1) is 11.3 Å². The van der Waals surface area contributed by atoms with E-state index in [1.54, 1.807) is 18.2 Å². The minimum absolute atomic E-state index is 0.0170. The second kappa shape index (κ2) is 9.92. The molecule has 1 aliphatic rings. The molecule has 1 fully saturated rings. The predicted molar refractivity (Wildman–Crippen MR) is 128 cm³/mol. The first-order chi connectivity index (χ1) is 15.5. The van der Waals surface area contributed by atoms with Crippen LogP contribution >= 0.6 is 34.5 Å². The van der Waals surface area contributed by atoms with Gasteiger partial charge in [-0.3, -0.25) is 4.79 Å². The van der Waals surface area contributed by atoms with Gasteiger partial charge in [0.15, 0.2) is 0 Å². The third-order valence-electron chi connectivity index (χ3n) is 5.37. The number of rotatable bonds is 7. The Morgan fingerprint density at radius 2 is 2.06 bits per heavy atom. The van der Waals surface area contributed by atoms with E-state index in [4.69, 9.17) is 33.5 Å². The molecule has 32 heavy (non-hydrogen) atoms. The number of nitriles is 1. The molecule has 1 saturated heterocycles. The van der Waals surface area contributed by atoms with Crippen LogP contribution in [0.15, 0.2) is 28.8 Å². The van der Waals surface area contributed by atoms with Gasteiger partial charge in [0.05, 0.1) is 10.7 Å². The molecule has 4 rings (SSSR count). The summed E-state index contributed by atoms with van der Waals surface area (Å²) in [5.74, 6) is -0.416. The number of ketones is 1. The summed E-state index contributed by atoms with van der Waals surface area (Å²) in [6.07, 6.45) is 3.71. The van der Waals surface area contributed by atoms with Crippen molar-refractivity contribution in [2.45, 2.75) is 19.3 Å². The van der Waals surface area contributed by atoms with E-state index in [0.29, 0.717) is 32.8 Å². The minimum Gasteiger partial charge on any atom is -0.396 e. The van der Waals surface area contributed by atoms with Gasteiger partial charge in [-0.2, -0.15) is 5.26 Å². The summed E-state index contributed by atoms with van der Waals surface area (Å²) < 4.78 is 5.27. The largest absolute Gasteiger partial charge is 0.396 e. The van der Waals surface area contributed by atoms with Crippen LogP contribution in [0.5, 0.6) is 0 Å². The Morgan fingerprint density at radius 1 is 1.28 bits per heavy atom. The van der Waals surface area contributed by atoms with Crippen molar-refractivity contribution in [1.29, 1.82) is 5.26 Å². The molecule has 0 atom stereocenters. The Morgan fingerprint density at radius 3 is 2.78 bits per heavy atom. The topological polar surface area (TPSA) is 108 Å². The quantitative estimate of drug-likeness (QED) is 0.433. The number of carbonyl (C=O) groups is 1. The maximum atomic E-state index is 13.1. The Bertz CT molecular complexity index is 1180. The predicted octanol–water partition coefficient (Wildman–Crippen LogP) is 5.29. The number of nitrogen functional groups attached to an aromatic ring is 1. The Balaban J connectivity index is 1.51. The average molecular weight is 490 g/mol. The van der Waals surface area contributed by atoms with E-state index < -0.39 is 5.78 Å². The Kier molecular flexibility index (Phi) is 7.01. The number of carbonyl (C=O) groups excluding carboxylic acids is 1. The van der Waals surface area contributed by atoms with Crippen molar-refractivity contribution in [2.75, 3.05) is 37.2 Å². The highest BCUT2D eigenvalue weighted by atomic mass is 35.5. The van der Waals surface area contributed by atoms with Crippen molar-refractivity contribution in [2.24, 2.45) is 0 Å². The van der Waals surface area contributed by atoms with Gasteiger partial charge < -0.3 is 20.5 Å². The van der Waals surface area contributed by atoms with Crippen molar-refractivity contribution in [3.63, 3.8) is 0 Å². The molecule has 0 aliphatic carbocycles. The number of nitrogens with zero attached hydrogens (tertiary/aromatic N) is 3. The number of nitrogens with two attached hydrogens (primary N) is 1. The molecule has 1 aromatic carbocycles. The van der Waals surface area contributed by atoms with Gasteiger partial charge in [0.1, 0.15) is 27.2 Å². The van der Waals surface area contributed by atoms with Crippen LogP contribution in [0.2, 0.25) is 10.0 Å². The molecule has 3 heterocycles. The molecule has 0 unspecified atom stereocenters. The fourth-order valence-corrected chi connectivity index (χ4v) is 5.22. The van der Waals surface area contributed by atoms with Crippen LogP contribution in [0.4, 0.5) is 10.7 Å². The number of likely N-dealkylation sites (tertiary alicyclic amines) is 1. The lowest BCUT2D eigenvalue weighted by atomic mass is 10.1. The van der Waals surface area contributed by atoms with Gasteiger partial charge in [-0.05, 0) is 44.1 Å². The smallest absolute Gasteiger partial charge is 0.243 e. The highest BCUT2D eigenvalue weighted by Gasteiger charge is 2.25. The van der Waals surface area contributed by atoms with Gasteiger partial charge in [0.25, 0.3) is 0 Å². The first-order valence-electron chi connectivity index (χ1n) is 10.2. The Labute approximate surface area is 199 Å². The molecular weight excluding hydrogens is 469 g/mol. The number of hydrogen-bond acceptors (Lipinski definition) is 8. The molecule has 0 spiro atoms. The maximum absolute atomic E-state index is 13.1. The standard InChI is InChI=1S/C22H21Cl2N5O2S/c23-13-4-5-14(16(24)10-13)17-11-18(31-28-17)20(30)21-19(26)15(12-25)22(32-21)27-6-9-29-7-2-1-3-8-29/h4-5,10-11,27H,1-3,6-9,26H2. The molecular formula is C22H21Cl2N5O2S. The summed E-state index contributed by atoms with van der Waals surface area (Å²) in [7, 11) is 0. The second-order valence-corrected chi connectivity index (χ2v) is 9.38. The van der Waals surface area contributed by atoms with Gasteiger partial charge in [-0.1, -0.05) is 34.8 Å². The molecule has 0 saturated carbocycles. The van der Waals surface area contributed by atoms with Crippen LogP contribution in [0.1, 0.15) is 40.3 Å². The van der Waals surface area contributed by atoms with Crippen molar-refractivity contribution in [3.8, 4) is 17.3 Å². The Hall–Kier alpha value is -2.57. The van der Waals surface area contributed by atoms with Crippen LogP contribution in [-0.4, -0.2) is 42.0 Å². The fraction of sp³-hybridized carbons (Fsp3) is 0.318. The molecule has 1 aliphatic heterocycles. The first-order valence-corrected chi connectivity index (χ1v) is 11.8. The van der Waals surface area contributed by atoms with E-state index in [0.717, 1.165) is 31.0 Å². The van der Waals surface area contributed by atoms with Crippen LogP contribution in [-0.2, 0) is 0 Å². The summed E-state index contributed by atoms with van der Waals surface area (Å²) in [5.41, 5.74) is 7.57. The number of anilines is 2. The summed E-state index contributed by atoms with van der Waals surface area (Å²) in [5, 5.41) is 18.3. The molecule has 0 radical (unpaired) electrons. The number of halogens is 2. The third kappa shape index (κ3) is 4.76. The molecule has 0 amide bonds. The summed E-state index contributed by atoms with van der Waals surface area (Å²) >= 11 is 13.3. The number of aromatic nitrogens is 1. The van der Waals surface area contributed by atoms with E-state index in [9.17, 15) is 10.1 Å². The van der Waals surface area contributed by atoms with Gasteiger partial charge in [0, 0.05) is 29.7 Å². The molecule has 3 N–H and O–H groups in total. The van der Waals surface area contributed by atoms with E-state index in [2.05, 4.69) is 21.4 Å². The molecule has 2 aromatic heterocycles. The molecule has 166 valence electrons. The van der Waals surface area contributed by atoms with Crippen LogP contribution in [0, 0.1) is 11.3 Å². The lowest BCUT2D eigenvalue weighted by molar-refractivity contribution is 0.100. The van der Waals surface area contributed by atoms with E-state index >= 15 is 0 Å². The van der Waals surface area contributed by atoms with Crippen LogP contribution in [0.25, 0.3) is 11.3 Å². The number of hydrogen-bond donors (Lipinski definition) is 2. The molecule has 7 nitrogen and oxygen atoms in total. The molecule has 3 aromatic rings. The van der Waals surface area contributed by atoms with E-state index in [-0.39, 0.29) is 21.9 Å². The lowest BCUT2D eigenvalue weighted by Gasteiger charge is -2.26. The number of thiophene rings is 1. The summed E-state index contributed by atoms with van der Waals surface area (Å²) in [6, 6.07) is 8.58. The van der Waals surface area contributed by atoms with Crippen molar-refractivity contribution in [1.82, 2.24) is 10.1 Å².